The highest BCUT2D eigenvalue weighted by atomic mass is 15.3. The van der Waals surface area contributed by atoms with Gasteiger partial charge in [-0.2, -0.15) is 0 Å². The molecule has 1 saturated heterocycles. The number of hydrogen-bond donors (Lipinski definition) is 1. The molecule has 2 heteroatoms. The quantitative estimate of drug-likeness (QED) is 0.755. The minimum atomic E-state index is 0.358. The molecule has 0 aromatic heterocycles. The van der Waals surface area contributed by atoms with Crippen molar-refractivity contribution in [1.82, 2.24) is 4.90 Å². The molecule has 0 aromatic rings. The van der Waals surface area contributed by atoms with Crippen LogP contribution in [-0.2, 0) is 0 Å². The topological polar surface area (TPSA) is 29.3 Å². The lowest BCUT2D eigenvalue weighted by Crippen LogP contribution is -2.56. The lowest BCUT2D eigenvalue weighted by Gasteiger charge is -2.44. The first-order valence-electron chi connectivity index (χ1n) is 6.75. The van der Waals surface area contributed by atoms with E-state index >= 15 is 0 Å². The second-order valence-corrected chi connectivity index (χ2v) is 5.33. The van der Waals surface area contributed by atoms with Crippen molar-refractivity contribution in [3.63, 3.8) is 0 Å². The Labute approximate surface area is 94.2 Å². The van der Waals surface area contributed by atoms with Crippen molar-refractivity contribution < 1.29 is 0 Å². The van der Waals surface area contributed by atoms with Gasteiger partial charge in [-0.05, 0) is 51.0 Å². The molecule has 88 valence electrons. The van der Waals surface area contributed by atoms with Crippen molar-refractivity contribution in [2.45, 2.75) is 64.0 Å². The number of nitrogens with zero attached hydrogens (tertiary/aromatic N) is 1. The molecule has 2 atom stereocenters. The van der Waals surface area contributed by atoms with Gasteiger partial charge in [0.25, 0.3) is 0 Å². The predicted octanol–water partition coefficient (Wildman–Crippen LogP) is 2.38. The molecule has 1 saturated carbocycles. The smallest absolute Gasteiger partial charge is 0.0360 e. The van der Waals surface area contributed by atoms with Crippen LogP contribution in [0, 0.1) is 5.92 Å². The molecule has 2 unspecified atom stereocenters. The number of nitrogens with two attached hydrogens (primary N) is 1. The van der Waals surface area contributed by atoms with E-state index in [9.17, 15) is 0 Å². The Bertz CT molecular complexity index is 207. The van der Waals surface area contributed by atoms with E-state index in [4.69, 9.17) is 5.73 Å². The molecule has 0 radical (unpaired) electrons. The van der Waals surface area contributed by atoms with Crippen LogP contribution in [0.5, 0.6) is 0 Å². The van der Waals surface area contributed by atoms with E-state index in [0.717, 1.165) is 18.5 Å². The zero-order valence-electron chi connectivity index (χ0n) is 10.3. The second kappa shape index (κ2) is 4.42. The minimum absolute atomic E-state index is 0.358. The molecular weight excluding hydrogens is 184 g/mol. The van der Waals surface area contributed by atoms with Gasteiger partial charge in [-0.25, -0.2) is 0 Å². The highest BCUT2D eigenvalue weighted by molar-refractivity contribution is 5.05. The van der Waals surface area contributed by atoms with Crippen molar-refractivity contribution in [2.75, 3.05) is 13.1 Å². The SMILES string of the molecule is CCC1CCCN1C(CC)(CN)C1CC1. The zero-order valence-corrected chi connectivity index (χ0v) is 10.3. The first-order valence-corrected chi connectivity index (χ1v) is 6.75. The van der Waals surface area contributed by atoms with Crippen LogP contribution in [0.3, 0.4) is 0 Å². The third kappa shape index (κ3) is 1.83. The largest absolute Gasteiger partial charge is 0.329 e. The maximum atomic E-state index is 6.11. The summed E-state index contributed by atoms with van der Waals surface area (Å²) in [5.74, 6) is 0.902. The molecule has 1 heterocycles. The fourth-order valence-corrected chi connectivity index (χ4v) is 3.62. The van der Waals surface area contributed by atoms with Crippen molar-refractivity contribution in [3.8, 4) is 0 Å². The summed E-state index contributed by atoms with van der Waals surface area (Å²) in [7, 11) is 0. The molecule has 2 fully saturated rings. The molecule has 0 spiro atoms. The van der Waals surface area contributed by atoms with Gasteiger partial charge < -0.3 is 5.73 Å². The van der Waals surface area contributed by atoms with Gasteiger partial charge >= 0.3 is 0 Å². The van der Waals surface area contributed by atoms with Crippen molar-refractivity contribution >= 4 is 0 Å². The summed E-state index contributed by atoms with van der Waals surface area (Å²) in [6, 6.07) is 0.814. The van der Waals surface area contributed by atoms with Gasteiger partial charge in [-0.1, -0.05) is 13.8 Å². The van der Waals surface area contributed by atoms with E-state index in [-0.39, 0.29) is 0 Å². The van der Waals surface area contributed by atoms with Gasteiger partial charge in [0.15, 0.2) is 0 Å². The van der Waals surface area contributed by atoms with Crippen LogP contribution in [0.4, 0.5) is 0 Å². The summed E-state index contributed by atoms with van der Waals surface area (Å²) >= 11 is 0. The normalized spacial score (nSPS) is 31.8. The zero-order chi connectivity index (χ0) is 10.9. The Morgan fingerprint density at radius 3 is 2.47 bits per heavy atom. The molecule has 2 nitrogen and oxygen atoms in total. The number of rotatable bonds is 5. The van der Waals surface area contributed by atoms with E-state index < -0.39 is 0 Å². The number of likely N-dealkylation sites (tertiary alicyclic amines) is 1. The average Bonchev–Trinajstić information content (AvgIpc) is 3.00. The van der Waals surface area contributed by atoms with Gasteiger partial charge in [-0.3, -0.25) is 4.90 Å². The van der Waals surface area contributed by atoms with Gasteiger partial charge in [0, 0.05) is 18.1 Å². The fourth-order valence-electron chi connectivity index (χ4n) is 3.62. The van der Waals surface area contributed by atoms with Crippen LogP contribution in [0.1, 0.15) is 52.4 Å². The second-order valence-electron chi connectivity index (χ2n) is 5.33. The summed E-state index contributed by atoms with van der Waals surface area (Å²) in [6.45, 7) is 6.81. The Morgan fingerprint density at radius 1 is 1.27 bits per heavy atom. The molecule has 0 bridgehead atoms. The number of hydrogen-bond acceptors (Lipinski definition) is 2. The minimum Gasteiger partial charge on any atom is -0.329 e. The van der Waals surface area contributed by atoms with Crippen molar-refractivity contribution in [2.24, 2.45) is 11.7 Å². The summed E-state index contributed by atoms with van der Waals surface area (Å²) in [5.41, 5.74) is 6.47. The lowest BCUT2D eigenvalue weighted by molar-refractivity contribution is 0.0541. The predicted molar refractivity (Wildman–Crippen MR) is 64.8 cm³/mol. The maximum absolute atomic E-state index is 6.11. The monoisotopic (exact) mass is 210 g/mol. The summed E-state index contributed by atoms with van der Waals surface area (Å²) < 4.78 is 0. The lowest BCUT2D eigenvalue weighted by atomic mass is 9.87. The summed E-state index contributed by atoms with van der Waals surface area (Å²) in [5, 5.41) is 0. The molecule has 0 amide bonds. The summed E-state index contributed by atoms with van der Waals surface area (Å²) in [4.78, 5) is 2.77. The Hall–Kier alpha value is -0.0800. The molecule has 1 aliphatic carbocycles. The van der Waals surface area contributed by atoms with Gasteiger partial charge in [-0.15, -0.1) is 0 Å². The Morgan fingerprint density at radius 2 is 2.00 bits per heavy atom. The fraction of sp³-hybridized carbons (Fsp3) is 1.00. The van der Waals surface area contributed by atoms with Crippen molar-refractivity contribution in [1.29, 1.82) is 0 Å². The van der Waals surface area contributed by atoms with Crippen LogP contribution in [0.25, 0.3) is 0 Å². The van der Waals surface area contributed by atoms with E-state index in [0.29, 0.717) is 5.54 Å². The van der Waals surface area contributed by atoms with E-state index in [1.165, 1.54) is 45.1 Å². The highest BCUT2D eigenvalue weighted by Crippen LogP contribution is 2.47. The molecule has 0 aromatic carbocycles. The van der Waals surface area contributed by atoms with Gasteiger partial charge in [0.05, 0.1) is 0 Å². The van der Waals surface area contributed by atoms with Gasteiger partial charge in [0.1, 0.15) is 0 Å². The Kier molecular flexibility index (Phi) is 3.36. The standard InChI is InChI=1S/C13H26N2/c1-3-12-6-5-9-15(12)13(4-2,10-14)11-7-8-11/h11-12H,3-10,14H2,1-2H3. The maximum Gasteiger partial charge on any atom is 0.0360 e. The third-order valence-corrected chi connectivity index (χ3v) is 4.72. The molecule has 2 N–H and O–H groups in total. The summed E-state index contributed by atoms with van der Waals surface area (Å²) in [6.07, 6.45) is 8.15. The van der Waals surface area contributed by atoms with E-state index in [1.54, 1.807) is 0 Å². The van der Waals surface area contributed by atoms with Crippen LogP contribution in [0.15, 0.2) is 0 Å². The van der Waals surface area contributed by atoms with Crippen molar-refractivity contribution in [3.05, 3.63) is 0 Å². The Balaban J connectivity index is 2.15. The molecule has 1 aliphatic heterocycles. The van der Waals surface area contributed by atoms with Gasteiger partial charge in [0.2, 0.25) is 0 Å². The van der Waals surface area contributed by atoms with Crippen LogP contribution >= 0.6 is 0 Å². The van der Waals surface area contributed by atoms with Crippen LogP contribution < -0.4 is 5.73 Å². The van der Waals surface area contributed by atoms with Crippen LogP contribution in [-0.4, -0.2) is 29.6 Å². The molecule has 15 heavy (non-hydrogen) atoms. The molecule has 2 rings (SSSR count). The molecule has 2 aliphatic rings. The first-order chi connectivity index (χ1) is 7.28. The molecular formula is C13H26N2. The first kappa shape index (κ1) is 11.4. The van der Waals surface area contributed by atoms with E-state index in [2.05, 4.69) is 18.7 Å². The van der Waals surface area contributed by atoms with E-state index in [1.807, 2.05) is 0 Å². The average molecular weight is 210 g/mol. The van der Waals surface area contributed by atoms with Crippen LogP contribution in [0.2, 0.25) is 0 Å². The highest BCUT2D eigenvalue weighted by Gasteiger charge is 2.49. The third-order valence-electron chi connectivity index (χ3n) is 4.72.